The molecule has 0 bridgehead atoms. The number of rotatable bonds is 5. The summed E-state index contributed by atoms with van der Waals surface area (Å²) >= 11 is 0. The normalized spacial score (nSPS) is 10.7. The summed E-state index contributed by atoms with van der Waals surface area (Å²) in [6.07, 6.45) is 1.51. The van der Waals surface area contributed by atoms with E-state index in [-0.39, 0.29) is 17.1 Å². The third kappa shape index (κ3) is 3.74. The van der Waals surface area contributed by atoms with Crippen molar-refractivity contribution in [2.75, 3.05) is 5.32 Å². The highest BCUT2D eigenvalue weighted by Crippen LogP contribution is 2.24. The van der Waals surface area contributed by atoms with Gasteiger partial charge in [0, 0.05) is 28.4 Å². The molecule has 2 aromatic carbocycles. The first-order valence-electron chi connectivity index (χ1n) is 8.55. The Morgan fingerprint density at radius 3 is 2.62 bits per heavy atom. The van der Waals surface area contributed by atoms with Gasteiger partial charge < -0.3 is 14.3 Å². The molecule has 9 heteroatoms. The summed E-state index contributed by atoms with van der Waals surface area (Å²) in [5, 5.41) is 17.7. The number of benzene rings is 2. The van der Waals surface area contributed by atoms with Gasteiger partial charge in [0.05, 0.1) is 11.2 Å². The van der Waals surface area contributed by atoms with E-state index in [2.05, 4.69) is 15.5 Å². The van der Waals surface area contributed by atoms with E-state index in [1.807, 2.05) is 0 Å². The molecule has 4 aromatic rings. The number of nitrogens with one attached hydrogen (secondary N) is 1. The second kappa shape index (κ2) is 7.39. The first kappa shape index (κ1) is 18.1. The molecular formula is C20H14N4O5. The van der Waals surface area contributed by atoms with Gasteiger partial charge in [-0.2, -0.15) is 4.98 Å². The van der Waals surface area contributed by atoms with Crippen LogP contribution in [-0.4, -0.2) is 21.0 Å². The quantitative estimate of drug-likeness (QED) is 0.394. The van der Waals surface area contributed by atoms with Crippen LogP contribution >= 0.6 is 0 Å². The number of aromatic nitrogens is 2. The fourth-order valence-corrected chi connectivity index (χ4v) is 2.69. The van der Waals surface area contributed by atoms with Crippen LogP contribution in [0, 0.1) is 17.0 Å². The highest BCUT2D eigenvalue weighted by Gasteiger charge is 2.16. The number of hydrogen-bond acceptors (Lipinski definition) is 7. The Bertz CT molecular complexity index is 1180. The molecule has 0 aliphatic carbocycles. The first-order valence-corrected chi connectivity index (χ1v) is 8.55. The topological polar surface area (TPSA) is 124 Å². The van der Waals surface area contributed by atoms with E-state index >= 15 is 0 Å². The second-order valence-electron chi connectivity index (χ2n) is 6.19. The Morgan fingerprint density at radius 1 is 1.14 bits per heavy atom. The van der Waals surface area contributed by atoms with Crippen molar-refractivity contribution in [1.82, 2.24) is 10.1 Å². The van der Waals surface area contributed by atoms with Gasteiger partial charge in [0.25, 0.3) is 17.5 Å². The lowest BCUT2D eigenvalue weighted by molar-refractivity contribution is -0.385. The number of furan rings is 1. The van der Waals surface area contributed by atoms with Crippen molar-refractivity contribution < 1.29 is 18.7 Å². The second-order valence-corrected chi connectivity index (χ2v) is 6.19. The molecule has 0 unspecified atom stereocenters. The van der Waals surface area contributed by atoms with E-state index in [1.165, 1.54) is 12.3 Å². The summed E-state index contributed by atoms with van der Waals surface area (Å²) in [4.78, 5) is 27.2. The molecule has 0 saturated carbocycles. The molecule has 0 spiro atoms. The van der Waals surface area contributed by atoms with E-state index in [4.69, 9.17) is 8.94 Å². The van der Waals surface area contributed by atoms with Gasteiger partial charge in [-0.15, -0.1) is 0 Å². The van der Waals surface area contributed by atoms with Crippen LogP contribution in [0.5, 0.6) is 0 Å². The summed E-state index contributed by atoms with van der Waals surface area (Å²) in [6, 6.07) is 14.6. The third-order valence-corrected chi connectivity index (χ3v) is 4.23. The lowest BCUT2D eigenvalue weighted by Gasteiger charge is -2.06. The fraction of sp³-hybridized carbons (Fsp3) is 0.0500. The number of nitro groups is 1. The molecule has 0 aliphatic rings. The van der Waals surface area contributed by atoms with Crippen molar-refractivity contribution in [2.24, 2.45) is 0 Å². The Labute approximate surface area is 164 Å². The van der Waals surface area contributed by atoms with Crippen molar-refractivity contribution in [3.05, 3.63) is 82.1 Å². The minimum absolute atomic E-state index is 0.0996. The molecule has 0 radical (unpaired) electrons. The van der Waals surface area contributed by atoms with Gasteiger partial charge in [0.2, 0.25) is 5.82 Å². The standard InChI is InChI=1S/C20H14N4O5/c1-12-4-5-14(11-16(12)24(26)27)19(25)21-15-8-6-13(7-9-15)18-22-20(29-23-18)17-3-2-10-28-17/h2-11H,1H3,(H,21,25). The van der Waals surface area contributed by atoms with Crippen LogP contribution in [0.25, 0.3) is 23.0 Å². The van der Waals surface area contributed by atoms with Gasteiger partial charge in [-0.1, -0.05) is 11.2 Å². The number of carbonyl (C=O) groups excluding carboxylic acids is 1. The average Bonchev–Trinajstić information content (AvgIpc) is 3.40. The lowest BCUT2D eigenvalue weighted by Crippen LogP contribution is -2.12. The van der Waals surface area contributed by atoms with E-state index in [1.54, 1.807) is 55.5 Å². The van der Waals surface area contributed by atoms with Crippen LogP contribution in [0.1, 0.15) is 15.9 Å². The van der Waals surface area contributed by atoms with E-state index in [9.17, 15) is 14.9 Å². The maximum absolute atomic E-state index is 12.4. The number of hydrogen-bond donors (Lipinski definition) is 1. The monoisotopic (exact) mass is 390 g/mol. The SMILES string of the molecule is Cc1ccc(C(=O)Nc2ccc(-c3noc(-c4ccco4)n3)cc2)cc1[N+](=O)[O-]. The highest BCUT2D eigenvalue weighted by atomic mass is 16.6. The summed E-state index contributed by atoms with van der Waals surface area (Å²) in [5.41, 5.74) is 1.81. The summed E-state index contributed by atoms with van der Waals surface area (Å²) in [6.45, 7) is 1.62. The molecule has 0 saturated heterocycles. The van der Waals surface area contributed by atoms with Crippen LogP contribution in [0.15, 0.2) is 69.8 Å². The fourth-order valence-electron chi connectivity index (χ4n) is 2.69. The predicted octanol–water partition coefficient (Wildman–Crippen LogP) is 4.47. The van der Waals surface area contributed by atoms with Gasteiger partial charge in [-0.25, -0.2) is 0 Å². The van der Waals surface area contributed by atoms with Crippen molar-refractivity contribution in [2.45, 2.75) is 6.92 Å². The molecule has 4 rings (SSSR count). The minimum Gasteiger partial charge on any atom is -0.459 e. The number of amides is 1. The summed E-state index contributed by atoms with van der Waals surface area (Å²) in [7, 11) is 0. The van der Waals surface area contributed by atoms with E-state index < -0.39 is 10.8 Å². The molecule has 2 heterocycles. The molecule has 0 atom stereocenters. The number of nitro benzene ring substituents is 1. The average molecular weight is 390 g/mol. The zero-order valence-corrected chi connectivity index (χ0v) is 15.2. The largest absolute Gasteiger partial charge is 0.459 e. The van der Waals surface area contributed by atoms with Crippen LogP contribution in [0.4, 0.5) is 11.4 Å². The molecule has 9 nitrogen and oxygen atoms in total. The molecule has 29 heavy (non-hydrogen) atoms. The van der Waals surface area contributed by atoms with Gasteiger partial charge in [-0.3, -0.25) is 14.9 Å². The smallest absolute Gasteiger partial charge is 0.293 e. The van der Waals surface area contributed by atoms with Gasteiger partial charge in [-0.05, 0) is 49.4 Å². The molecular weight excluding hydrogens is 376 g/mol. The maximum atomic E-state index is 12.4. The van der Waals surface area contributed by atoms with Crippen molar-refractivity contribution in [3.8, 4) is 23.0 Å². The maximum Gasteiger partial charge on any atom is 0.293 e. The van der Waals surface area contributed by atoms with Crippen molar-refractivity contribution >= 4 is 17.3 Å². The highest BCUT2D eigenvalue weighted by molar-refractivity contribution is 6.04. The van der Waals surface area contributed by atoms with Gasteiger partial charge in [0.1, 0.15) is 0 Å². The van der Waals surface area contributed by atoms with Crippen LogP contribution in [0.2, 0.25) is 0 Å². The Balaban J connectivity index is 1.49. The molecule has 1 amide bonds. The lowest BCUT2D eigenvalue weighted by atomic mass is 10.1. The Morgan fingerprint density at radius 2 is 1.93 bits per heavy atom. The van der Waals surface area contributed by atoms with Crippen LogP contribution < -0.4 is 5.32 Å². The molecule has 0 aliphatic heterocycles. The predicted molar refractivity (Wildman–Crippen MR) is 103 cm³/mol. The molecule has 2 aromatic heterocycles. The van der Waals surface area contributed by atoms with Crippen LogP contribution in [-0.2, 0) is 0 Å². The summed E-state index contributed by atoms with van der Waals surface area (Å²) in [5.74, 6) is 0.673. The number of aryl methyl sites for hydroxylation is 1. The Kier molecular flexibility index (Phi) is 4.62. The Hall–Kier alpha value is -4.27. The van der Waals surface area contributed by atoms with Crippen LogP contribution in [0.3, 0.4) is 0 Å². The molecule has 144 valence electrons. The van der Waals surface area contributed by atoms with E-state index in [0.717, 1.165) is 0 Å². The summed E-state index contributed by atoms with van der Waals surface area (Å²) < 4.78 is 10.4. The minimum atomic E-state index is -0.511. The zero-order chi connectivity index (χ0) is 20.4. The first-order chi connectivity index (χ1) is 14.0. The van der Waals surface area contributed by atoms with E-state index in [0.29, 0.717) is 28.4 Å². The van der Waals surface area contributed by atoms with Gasteiger partial charge in [0.15, 0.2) is 5.76 Å². The van der Waals surface area contributed by atoms with Crippen molar-refractivity contribution in [1.29, 1.82) is 0 Å². The number of anilines is 1. The zero-order valence-electron chi connectivity index (χ0n) is 15.2. The molecule has 0 fully saturated rings. The number of carbonyl (C=O) groups is 1. The molecule has 1 N–H and O–H groups in total. The third-order valence-electron chi connectivity index (χ3n) is 4.23. The van der Waals surface area contributed by atoms with Gasteiger partial charge >= 0.3 is 0 Å². The van der Waals surface area contributed by atoms with Crippen molar-refractivity contribution in [3.63, 3.8) is 0 Å². The number of nitrogens with zero attached hydrogens (tertiary/aromatic N) is 3.